The number of pyridine rings is 1. The quantitative estimate of drug-likeness (QED) is 0.305. The van der Waals surface area contributed by atoms with Gasteiger partial charge in [0.15, 0.2) is 17.4 Å². The van der Waals surface area contributed by atoms with Crippen LogP contribution in [-0.4, -0.2) is 4.99 Å². The van der Waals surface area contributed by atoms with Crippen LogP contribution in [0.4, 0.5) is 5.69 Å². The minimum Gasteiger partial charge on any atom is -0.867 e. The van der Waals surface area contributed by atoms with E-state index in [2.05, 4.69) is 5.32 Å². The molecule has 0 radical (unpaired) electrons. The van der Waals surface area contributed by atoms with Gasteiger partial charge < -0.3 is 10.4 Å². The van der Waals surface area contributed by atoms with Crippen LogP contribution in [0.25, 0.3) is 11.5 Å². The van der Waals surface area contributed by atoms with Crippen molar-refractivity contribution in [3.05, 3.63) is 94.7 Å². The van der Waals surface area contributed by atoms with Gasteiger partial charge >= 0.3 is 0 Å². The fourth-order valence-electron chi connectivity index (χ4n) is 2.41. The molecule has 1 aromatic heterocycles. The van der Waals surface area contributed by atoms with Gasteiger partial charge in [0.2, 0.25) is 5.70 Å². The number of rotatable bonds is 4. The van der Waals surface area contributed by atoms with Crippen molar-refractivity contribution >= 4 is 57.6 Å². The van der Waals surface area contributed by atoms with E-state index >= 15 is 0 Å². The number of hydrogen-bond acceptors (Lipinski definition) is 2. The monoisotopic (exact) mass is 400 g/mol. The lowest BCUT2D eigenvalue weighted by atomic mass is 10.1. The number of nitrogens with one attached hydrogen (secondary N) is 1. The highest BCUT2D eigenvalue weighted by atomic mass is 35.5. The Kier molecular flexibility index (Phi) is 5.89. The molecular weight excluding hydrogens is 387 g/mol. The van der Waals surface area contributed by atoms with Gasteiger partial charge in [-0.3, -0.25) is 0 Å². The second-order valence-corrected chi connectivity index (χ2v) is 6.66. The van der Waals surface area contributed by atoms with Gasteiger partial charge in [-0.25, -0.2) is 0 Å². The molecule has 3 aromatic rings. The largest absolute Gasteiger partial charge is 0.867 e. The molecule has 0 saturated carbocycles. The van der Waals surface area contributed by atoms with Crippen molar-refractivity contribution in [1.29, 1.82) is 0 Å². The van der Waals surface area contributed by atoms with Crippen molar-refractivity contribution in [2.24, 2.45) is 0 Å². The summed E-state index contributed by atoms with van der Waals surface area (Å²) in [4.78, 5) is 0.272. The maximum atomic E-state index is 13.2. The minimum atomic E-state index is -0.272. The molecule has 0 fully saturated rings. The molecule has 0 saturated heterocycles. The Bertz CT molecular complexity index is 974. The normalized spacial score (nSPS) is 11.6. The summed E-state index contributed by atoms with van der Waals surface area (Å²) in [6.45, 7) is 0. The summed E-state index contributed by atoms with van der Waals surface area (Å²) in [6.07, 6.45) is 3.52. The number of hydrogen-bond donors (Lipinski definition) is 1. The lowest BCUT2D eigenvalue weighted by Gasteiger charge is -2.17. The van der Waals surface area contributed by atoms with E-state index in [-0.39, 0.29) is 10.7 Å². The first-order valence-electron chi connectivity index (χ1n) is 7.76. The van der Waals surface area contributed by atoms with Crippen LogP contribution in [-0.2, 0) is 0 Å². The maximum Gasteiger partial charge on any atom is 0.238 e. The molecule has 2 aromatic carbocycles. The van der Waals surface area contributed by atoms with Gasteiger partial charge in [-0.05, 0) is 35.6 Å². The maximum absolute atomic E-state index is 13.2. The lowest BCUT2D eigenvalue weighted by Crippen LogP contribution is -2.39. The number of halogens is 2. The van der Waals surface area contributed by atoms with Crippen LogP contribution < -0.4 is 15.0 Å². The molecule has 3 rings (SSSR count). The average Bonchev–Trinajstić information content (AvgIpc) is 2.63. The zero-order chi connectivity index (χ0) is 18.5. The first kappa shape index (κ1) is 18.4. The lowest BCUT2D eigenvalue weighted by molar-refractivity contribution is -0.577. The molecule has 0 aliphatic heterocycles. The number of thiocarbonyl (C=S) groups is 1. The van der Waals surface area contributed by atoms with Gasteiger partial charge in [0.05, 0.1) is 0 Å². The van der Waals surface area contributed by atoms with Gasteiger partial charge in [0.25, 0.3) is 0 Å². The van der Waals surface area contributed by atoms with Crippen molar-refractivity contribution in [2.45, 2.75) is 0 Å². The molecule has 0 spiro atoms. The molecule has 0 aliphatic rings. The smallest absolute Gasteiger partial charge is 0.238 e. The van der Waals surface area contributed by atoms with E-state index < -0.39 is 0 Å². The van der Waals surface area contributed by atoms with Crippen LogP contribution in [0.1, 0.15) is 5.56 Å². The highest BCUT2D eigenvalue weighted by Crippen LogP contribution is 2.24. The van der Waals surface area contributed by atoms with Crippen molar-refractivity contribution in [3.63, 3.8) is 0 Å². The average molecular weight is 401 g/mol. The van der Waals surface area contributed by atoms with Crippen LogP contribution in [0.3, 0.4) is 0 Å². The predicted octanol–water partition coefficient (Wildman–Crippen LogP) is 4.41. The van der Waals surface area contributed by atoms with E-state index in [1.165, 1.54) is 0 Å². The van der Waals surface area contributed by atoms with Crippen molar-refractivity contribution in [1.82, 2.24) is 0 Å². The second-order valence-electron chi connectivity index (χ2n) is 5.40. The molecule has 1 N–H and O–H groups in total. The first-order valence-corrected chi connectivity index (χ1v) is 8.92. The summed E-state index contributed by atoms with van der Waals surface area (Å²) in [5, 5.41) is 17.2. The Morgan fingerprint density at radius 3 is 2.35 bits per heavy atom. The summed E-state index contributed by atoms with van der Waals surface area (Å²) < 4.78 is 1.67. The fraction of sp³-hybridized carbons (Fsp3) is 0. The standard InChI is InChI=1S/C20H14Cl2N2OS/c21-14-7-6-8-15(13-14)23-20(26)18(24-11-4-1-5-12-24)19(25)16-9-2-3-10-17(16)22/h1-13H,(H-,23,25,26). The minimum absolute atomic E-state index is 0.272. The molecule has 26 heavy (non-hydrogen) atoms. The predicted molar refractivity (Wildman–Crippen MR) is 109 cm³/mol. The molecule has 0 amide bonds. The zero-order valence-electron chi connectivity index (χ0n) is 13.5. The highest BCUT2D eigenvalue weighted by molar-refractivity contribution is 7.81. The second kappa shape index (κ2) is 8.32. The zero-order valence-corrected chi connectivity index (χ0v) is 15.9. The Balaban J connectivity index is 2.08. The molecule has 0 aliphatic carbocycles. The Labute approximate surface area is 167 Å². The molecule has 0 bridgehead atoms. The first-order chi connectivity index (χ1) is 12.6. The molecule has 0 unspecified atom stereocenters. The Morgan fingerprint density at radius 2 is 1.65 bits per heavy atom. The molecule has 1 heterocycles. The summed E-state index contributed by atoms with van der Waals surface area (Å²) >= 11 is 17.8. The summed E-state index contributed by atoms with van der Waals surface area (Å²) in [5.41, 5.74) is 1.38. The SMILES string of the molecule is [O-]C(=C(C(=S)Nc1cccc(Cl)c1)[n+]1ccccc1)c1ccccc1Cl. The fourth-order valence-corrected chi connectivity index (χ4v) is 3.14. The van der Waals surface area contributed by atoms with E-state index in [0.29, 0.717) is 27.0 Å². The summed E-state index contributed by atoms with van der Waals surface area (Å²) in [5.74, 6) is -0.272. The highest BCUT2D eigenvalue weighted by Gasteiger charge is 2.19. The summed E-state index contributed by atoms with van der Waals surface area (Å²) in [7, 11) is 0. The molecule has 6 heteroatoms. The molecule has 3 nitrogen and oxygen atoms in total. The van der Waals surface area contributed by atoms with Gasteiger partial charge in [0.1, 0.15) is 0 Å². The van der Waals surface area contributed by atoms with Gasteiger partial charge in [0, 0.05) is 27.9 Å². The van der Waals surface area contributed by atoms with Gasteiger partial charge in [-0.2, -0.15) is 4.57 Å². The van der Waals surface area contributed by atoms with Crippen LogP contribution in [0, 0.1) is 0 Å². The third-order valence-electron chi connectivity index (χ3n) is 3.60. The van der Waals surface area contributed by atoms with Crippen LogP contribution >= 0.6 is 35.4 Å². The van der Waals surface area contributed by atoms with Crippen LogP contribution in [0.2, 0.25) is 10.0 Å². The molecule has 0 atom stereocenters. The Morgan fingerprint density at radius 1 is 0.923 bits per heavy atom. The van der Waals surface area contributed by atoms with E-state index in [4.69, 9.17) is 35.4 Å². The van der Waals surface area contributed by atoms with E-state index in [9.17, 15) is 5.11 Å². The van der Waals surface area contributed by atoms with E-state index in [1.54, 1.807) is 59.4 Å². The number of nitrogens with zero attached hydrogens (tertiary/aromatic N) is 1. The summed E-state index contributed by atoms with van der Waals surface area (Å²) in [6, 6.07) is 19.5. The number of aromatic nitrogens is 1. The van der Waals surface area contributed by atoms with Crippen LogP contribution in [0.5, 0.6) is 0 Å². The van der Waals surface area contributed by atoms with Crippen molar-refractivity contribution in [3.8, 4) is 0 Å². The van der Waals surface area contributed by atoms with Gasteiger partial charge in [-0.15, -0.1) is 0 Å². The molecule has 130 valence electrons. The third-order valence-corrected chi connectivity index (χ3v) is 4.46. The van der Waals surface area contributed by atoms with Crippen LogP contribution in [0.15, 0.2) is 79.1 Å². The number of benzene rings is 2. The number of anilines is 1. The van der Waals surface area contributed by atoms with Gasteiger partial charge in [-0.1, -0.05) is 65.8 Å². The third kappa shape index (κ3) is 4.22. The molecular formula is C20H14Cl2N2OS. The van der Waals surface area contributed by atoms with Crippen molar-refractivity contribution in [2.75, 3.05) is 5.32 Å². The van der Waals surface area contributed by atoms with Crippen molar-refractivity contribution < 1.29 is 9.67 Å². The van der Waals surface area contributed by atoms with E-state index in [0.717, 1.165) is 0 Å². The Hall–Kier alpha value is -2.40. The topological polar surface area (TPSA) is 39.0 Å². The van der Waals surface area contributed by atoms with E-state index in [1.807, 2.05) is 24.3 Å².